The Morgan fingerprint density at radius 3 is 0.673 bits per heavy atom. The molecule has 266 valence electrons. The van der Waals surface area contributed by atoms with Crippen molar-refractivity contribution in [3.63, 3.8) is 0 Å². The normalized spacial score (nSPS) is 11.2. The van der Waals surface area contributed by atoms with E-state index >= 15 is 0 Å². The van der Waals surface area contributed by atoms with Crippen molar-refractivity contribution in [1.29, 1.82) is 0 Å². The van der Waals surface area contributed by atoms with Crippen LogP contribution in [0.1, 0.15) is 41.5 Å². The molecular weight excluding hydrogens is 633 g/mol. The van der Waals surface area contributed by atoms with E-state index in [-0.39, 0.29) is 0 Å². The Balaban J connectivity index is 1.39. The van der Waals surface area contributed by atoms with Gasteiger partial charge in [-0.15, -0.1) is 0 Å². The molecule has 0 fully saturated rings. The minimum atomic E-state index is 0.519. The van der Waals surface area contributed by atoms with Crippen LogP contribution < -0.4 is 19.6 Å². The van der Waals surface area contributed by atoms with Gasteiger partial charge in [0.1, 0.15) is 0 Å². The fourth-order valence-corrected chi connectivity index (χ4v) is 6.79. The molecule has 0 aromatic heterocycles. The van der Waals surface area contributed by atoms with Crippen molar-refractivity contribution in [2.75, 3.05) is 39.2 Å². The van der Waals surface area contributed by atoms with Gasteiger partial charge in [0.05, 0.1) is 0 Å². The predicted molar refractivity (Wildman–Crippen MR) is 226 cm³/mol. The highest BCUT2D eigenvalue weighted by Crippen LogP contribution is 2.39. The highest BCUT2D eigenvalue weighted by Gasteiger charge is 2.18. The zero-order valence-electron chi connectivity index (χ0n) is 31.7. The first-order valence-electron chi connectivity index (χ1n) is 18.8. The first-order valence-corrected chi connectivity index (χ1v) is 18.8. The molecule has 0 saturated heterocycles. The minimum Gasteiger partial charge on any atom is -0.341 e. The van der Waals surface area contributed by atoms with Crippen LogP contribution in [0.4, 0.5) is 51.2 Å². The summed E-state index contributed by atoms with van der Waals surface area (Å²) in [6.07, 6.45) is 0. The molecule has 0 heterocycles. The van der Waals surface area contributed by atoms with E-state index in [1.807, 2.05) is 0 Å². The van der Waals surface area contributed by atoms with Crippen molar-refractivity contribution in [2.24, 2.45) is 17.8 Å². The fourth-order valence-electron chi connectivity index (χ4n) is 6.79. The number of hydrogen-bond donors (Lipinski definition) is 0. The van der Waals surface area contributed by atoms with Gasteiger partial charge in [-0.25, -0.2) is 0 Å². The van der Waals surface area contributed by atoms with Gasteiger partial charge in [-0.2, -0.15) is 0 Å². The fraction of sp³-hybridized carbons (Fsp3) is 0.250. The van der Waals surface area contributed by atoms with Crippen LogP contribution in [-0.4, -0.2) is 19.6 Å². The summed E-state index contributed by atoms with van der Waals surface area (Å²) in [5.74, 6) is 1.56. The molecular formula is C48H54N4. The smallest absolute Gasteiger partial charge is 0.0463 e. The summed E-state index contributed by atoms with van der Waals surface area (Å²) in [6, 6.07) is 59.3. The highest BCUT2D eigenvalue weighted by molar-refractivity contribution is 5.80. The van der Waals surface area contributed by atoms with Gasteiger partial charge in [0, 0.05) is 70.8 Å². The number of anilines is 9. The maximum atomic E-state index is 2.42. The lowest BCUT2D eigenvalue weighted by atomic mass is 10.1. The van der Waals surface area contributed by atoms with Crippen LogP contribution in [0, 0.1) is 17.8 Å². The Kier molecular flexibility index (Phi) is 12.0. The second-order valence-electron chi connectivity index (χ2n) is 14.9. The average molecular weight is 687 g/mol. The molecule has 0 N–H and O–H groups in total. The Hall–Kier alpha value is -5.48. The van der Waals surface area contributed by atoms with Crippen LogP contribution in [0.2, 0.25) is 0 Å². The Morgan fingerprint density at radius 2 is 0.462 bits per heavy atom. The Bertz CT molecular complexity index is 1690. The summed E-state index contributed by atoms with van der Waals surface area (Å²) in [4.78, 5) is 9.63. The summed E-state index contributed by atoms with van der Waals surface area (Å²) in [5.41, 5.74) is 10.5. The number of hydrogen-bond acceptors (Lipinski definition) is 4. The Labute approximate surface area is 312 Å². The molecule has 0 saturated carbocycles. The molecule has 0 aliphatic rings. The number of benzene rings is 6. The second-order valence-corrected chi connectivity index (χ2v) is 14.9. The van der Waals surface area contributed by atoms with Crippen LogP contribution in [0.3, 0.4) is 0 Å². The lowest BCUT2D eigenvalue weighted by Gasteiger charge is -2.31. The van der Waals surface area contributed by atoms with E-state index in [4.69, 9.17) is 0 Å². The maximum absolute atomic E-state index is 2.42. The molecule has 0 unspecified atom stereocenters. The monoisotopic (exact) mass is 686 g/mol. The van der Waals surface area contributed by atoms with Crippen LogP contribution in [-0.2, 0) is 0 Å². The molecule has 0 aliphatic heterocycles. The molecule has 0 bridgehead atoms. The lowest BCUT2D eigenvalue weighted by Crippen LogP contribution is -2.23. The van der Waals surface area contributed by atoms with E-state index in [2.05, 4.69) is 225 Å². The van der Waals surface area contributed by atoms with Gasteiger partial charge in [0.15, 0.2) is 0 Å². The van der Waals surface area contributed by atoms with Crippen LogP contribution in [0.5, 0.6) is 0 Å². The third kappa shape index (κ3) is 9.05. The third-order valence-corrected chi connectivity index (χ3v) is 9.11. The predicted octanol–water partition coefficient (Wildman–Crippen LogP) is 13.5. The van der Waals surface area contributed by atoms with E-state index in [0.29, 0.717) is 17.8 Å². The van der Waals surface area contributed by atoms with Gasteiger partial charge < -0.3 is 19.6 Å². The van der Waals surface area contributed by atoms with Crippen LogP contribution in [0.15, 0.2) is 164 Å². The molecule has 0 spiro atoms. The average Bonchev–Trinajstić information content (AvgIpc) is 3.17. The highest BCUT2D eigenvalue weighted by atomic mass is 15.2. The van der Waals surface area contributed by atoms with E-state index in [9.17, 15) is 0 Å². The third-order valence-electron chi connectivity index (χ3n) is 9.11. The molecule has 6 rings (SSSR count). The molecule has 0 atom stereocenters. The zero-order valence-corrected chi connectivity index (χ0v) is 31.7. The summed E-state index contributed by atoms with van der Waals surface area (Å²) in [5, 5.41) is 0. The van der Waals surface area contributed by atoms with Crippen molar-refractivity contribution in [3.05, 3.63) is 164 Å². The molecule has 52 heavy (non-hydrogen) atoms. The molecule has 6 aromatic rings. The molecule has 4 heteroatoms. The second kappa shape index (κ2) is 17.2. The van der Waals surface area contributed by atoms with Gasteiger partial charge in [-0.3, -0.25) is 0 Å². The topological polar surface area (TPSA) is 13.0 Å². The molecule has 6 aromatic carbocycles. The lowest BCUT2D eigenvalue weighted by molar-refractivity contribution is 0.651. The van der Waals surface area contributed by atoms with E-state index in [1.165, 1.54) is 34.1 Å². The summed E-state index contributed by atoms with van der Waals surface area (Å²) in [6.45, 7) is 16.5. The SMILES string of the molecule is CC(C)CN(c1ccccc1)c1ccc(N(c2ccc(N(CC(C)C)c3ccccc3)cc2)c2ccc(N(CC(C)C)c3ccccc3)cc2)cc1. The molecule has 4 nitrogen and oxygen atoms in total. The molecule has 0 radical (unpaired) electrons. The number of rotatable bonds is 15. The number of nitrogens with zero attached hydrogens (tertiary/aromatic N) is 4. The molecule has 0 amide bonds. The number of para-hydroxylation sites is 3. The van der Waals surface area contributed by atoms with Gasteiger partial charge >= 0.3 is 0 Å². The quantitative estimate of drug-likeness (QED) is 0.107. The van der Waals surface area contributed by atoms with Gasteiger partial charge in [0.25, 0.3) is 0 Å². The van der Waals surface area contributed by atoms with Gasteiger partial charge in [-0.1, -0.05) is 96.1 Å². The standard InChI is InChI=1S/C48H54N4/c1-37(2)34-49(40-16-10-7-11-17-40)43-22-28-46(29-23-43)52(47-30-24-44(25-31-47)50(35-38(3)4)41-18-12-8-13-19-41)48-32-26-45(27-33-48)51(36-39(5)6)42-20-14-9-15-21-42/h7-33,37-39H,34-36H2,1-6H3. The van der Waals surface area contributed by atoms with Crippen molar-refractivity contribution >= 4 is 51.2 Å². The Morgan fingerprint density at radius 1 is 0.269 bits per heavy atom. The summed E-state index contributed by atoms with van der Waals surface area (Å²) < 4.78 is 0. The van der Waals surface area contributed by atoms with Crippen LogP contribution >= 0.6 is 0 Å². The molecule has 0 aliphatic carbocycles. The van der Waals surface area contributed by atoms with E-state index in [0.717, 1.165) is 36.7 Å². The summed E-state index contributed by atoms with van der Waals surface area (Å²) in [7, 11) is 0. The van der Waals surface area contributed by atoms with E-state index in [1.54, 1.807) is 0 Å². The van der Waals surface area contributed by atoms with Crippen molar-refractivity contribution < 1.29 is 0 Å². The minimum absolute atomic E-state index is 0.519. The largest absolute Gasteiger partial charge is 0.341 e. The summed E-state index contributed by atoms with van der Waals surface area (Å²) >= 11 is 0. The van der Waals surface area contributed by atoms with Gasteiger partial charge in [0.2, 0.25) is 0 Å². The van der Waals surface area contributed by atoms with Crippen LogP contribution in [0.25, 0.3) is 0 Å². The van der Waals surface area contributed by atoms with Gasteiger partial charge in [-0.05, 0) is 127 Å². The van der Waals surface area contributed by atoms with Crippen molar-refractivity contribution in [2.45, 2.75) is 41.5 Å². The van der Waals surface area contributed by atoms with Crippen molar-refractivity contribution in [3.8, 4) is 0 Å². The van der Waals surface area contributed by atoms with Crippen molar-refractivity contribution in [1.82, 2.24) is 0 Å². The first-order chi connectivity index (χ1) is 25.3. The zero-order chi connectivity index (χ0) is 36.5. The first kappa shape index (κ1) is 36.3. The van der Waals surface area contributed by atoms with E-state index < -0.39 is 0 Å². The maximum Gasteiger partial charge on any atom is 0.0463 e.